The summed E-state index contributed by atoms with van der Waals surface area (Å²) < 4.78 is 54.2. The number of sulfone groups is 1. The van der Waals surface area contributed by atoms with Gasteiger partial charge in [0.1, 0.15) is 0 Å². The lowest BCUT2D eigenvalue weighted by molar-refractivity contribution is 0.373. The number of rotatable bonds is 5. The summed E-state index contributed by atoms with van der Waals surface area (Å²) in [5, 5.41) is 6.59. The Labute approximate surface area is 132 Å². The summed E-state index contributed by atoms with van der Waals surface area (Å²) in [7, 11) is -7.52. The van der Waals surface area contributed by atoms with Crippen molar-refractivity contribution in [2.24, 2.45) is 0 Å². The summed E-state index contributed by atoms with van der Waals surface area (Å²) in [4.78, 5) is -0.0327. The van der Waals surface area contributed by atoms with E-state index in [4.69, 9.17) is 16.0 Å². The van der Waals surface area contributed by atoms with Crippen LogP contribution in [0.4, 0.5) is 0 Å². The molecule has 2 rings (SSSR count). The SMILES string of the molecule is C[C@H](NS(=O)(=O)c1cccc(Cl)c1)c1nnc(S(C)(=O)=O)o1. The molecular formula is C11H12ClN3O5S2. The van der Waals surface area contributed by atoms with Crippen molar-refractivity contribution in [1.82, 2.24) is 14.9 Å². The van der Waals surface area contributed by atoms with Crippen LogP contribution in [0.15, 0.2) is 38.8 Å². The van der Waals surface area contributed by atoms with E-state index in [1.165, 1.54) is 25.1 Å². The van der Waals surface area contributed by atoms with Gasteiger partial charge in [-0.25, -0.2) is 16.8 Å². The monoisotopic (exact) mass is 365 g/mol. The lowest BCUT2D eigenvalue weighted by Crippen LogP contribution is -2.27. The van der Waals surface area contributed by atoms with Crippen molar-refractivity contribution in [3.8, 4) is 0 Å². The molecule has 11 heteroatoms. The summed E-state index contributed by atoms with van der Waals surface area (Å²) in [5.74, 6) is -0.161. The topological polar surface area (TPSA) is 119 Å². The van der Waals surface area contributed by atoms with Crippen molar-refractivity contribution in [2.75, 3.05) is 6.26 Å². The first-order valence-electron chi connectivity index (χ1n) is 5.91. The average molecular weight is 366 g/mol. The standard InChI is InChI=1S/C11H12ClN3O5S2/c1-7(10-13-14-11(20-10)21(2,16)17)15-22(18,19)9-5-3-4-8(12)6-9/h3-7,15H,1-2H3/t7-/m0/s1. The van der Waals surface area contributed by atoms with Gasteiger partial charge < -0.3 is 4.42 Å². The van der Waals surface area contributed by atoms with Crippen molar-refractivity contribution in [1.29, 1.82) is 0 Å². The van der Waals surface area contributed by atoms with Crippen LogP contribution in [-0.2, 0) is 19.9 Å². The van der Waals surface area contributed by atoms with E-state index >= 15 is 0 Å². The van der Waals surface area contributed by atoms with E-state index in [-0.39, 0.29) is 15.8 Å². The number of nitrogens with one attached hydrogen (secondary N) is 1. The molecule has 0 aliphatic rings. The van der Waals surface area contributed by atoms with Crippen LogP contribution in [-0.4, -0.2) is 33.3 Å². The maximum atomic E-state index is 12.2. The maximum Gasteiger partial charge on any atom is 0.335 e. The van der Waals surface area contributed by atoms with Crippen molar-refractivity contribution < 1.29 is 21.3 Å². The van der Waals surface area contributed by atoms with Gasteiger partial charge >= 0.3 is 5.22 Å². The van der Waals surface area contributed by atoms with Crippen LogP contribution in [0, 0.1) is 0 Å². The molecule has 0 radical (unpaired) electrons. The molecular weight excluding hydrogens is 354 g/mol. The number of hydrogen-bond donors (Lipinski definition) is 1. The van der Waals surface area contributed by atoms with Gasteiger partial charge in [-0.2, -0.15) is 4.72 Å². The number of nitrogens with zero attached hydrogens (tertiary/aromatic N) is 2. The second kappa shape index (κ2) is 5.95. The molecule has 0 bridgehead atoms. The minimum absolute atomic E-state index is 0.0327. The Morgan fingerprint density at radius 2 is 1.91 bits per heavy atom. The zero-order chi connectivity index (χ0) is 16.5. The molecule has 120 valence electrons. The normalized spacial score (nSPS) is 14.0. The third-order valence-electron chi connectivity index (χ3n) is 2.55. The van der Waals surface area contributed by atoms with Gasteiger partial charge in [-0.3, -0.25) is 0 Å². The summed E-state index contributed by atoms with van der Waals surface area (Å²) in [5.41, 5.74) is 0. The molecule has 1 atom stereocenters. The van der Waals surface area contributed by atoms with Crippen LogP contribution >= 0.6 is 11.6 Å². The molecule has 0 aliphatic carbocycles. The molecule has 1 N–H and O–H groups in total. The Bertz CT molecular complexity index is 892. The van der Waals surface area contributed by atoms with Crippen molar-refractivity contribution >= 4 is 31.5 Å². The highest BCUT2D eigenvalue weighted by molar-refractivity contribution is 7.90. The molecule has 2 aromatic rings. The second-order valence-corrected chi connectivity index (χ2v) is 8.52. The van der Waals surface area contributed by atoms with Crippen molar-refractivity contribution in [2.45, 2.75) is 23.1 Å². The first kappa shape index (κ1) is 16.9. The summed E-state index contributed by atoms with van der Waals surface area (Å²) in [6, 6.07) is 4.78. The lowest BCUT2D eigenvalue weighted by atomic mass is 10.4. The minimum Gasteiger partial charge on any atom is -0.411 e. The molecule has 1 aromatic carbocycles. The van der Waals surface area contributed by atoms with E-state index < -0.39 is 31.1 Å². The fourth-order valence-electron chi connectivity index (χ4n) is 1.53. The first-order valence-corrected chi connectivity index (χ1v) is 9.66. The van der Waals surface area contributed by atoms with Gasteiger partial charge in [0.2, 0.25) is 25.8 Å². The quantitative estimate of drug-likeness (QED) is 0.844. The van der Waals surface area contributed by atoms with Crippen LogP contribution < -0.4 is 4.72 Å². The number of sulfonamides is 1. The zero-order valence-corrected chi connectivity index (χ0v) is 13.9. The second-order valence-electron chi connectivity index (χ2n) is 4.48. The number of hydrogen-bond acceptors (Lipinski definition) is 7. The fraction of sp³-hybridized carbons (Fsp3) is 0.273. The Balaban J connectivity index is 2.24. The molecule has 22 heavy (non-hydrogen) atoms. The lowest BCUT2D eigenvalue weighted by Gasteiger charge is -2.10. The van der Waals surface area contributed by atoms with E-state index in [1.54, 1.807) is 6.07 Å². The van der Waals surface area contributed by atoms with Gasteiger partial charge in [0, 0.05) is 11.3 Å². The van der Waals surface area contributed by atoms with E-state index in [0.29, 0.717) is 0 Å². The average Bonchev–Trinajstić information content (AvgIpc) is 2.87. The molecule has 1 aromatic heterocycles. The Kier molecular flexibility index (Phi) is 4.57. The molecule has 1 heterocycles. The molecule has 0 saturated carbocycles. The smallest absolute Gasteiger partial charge is 0.335 e. The summed E-state index contributed by atoms with van der Waals surface area (Å²) >= 11 is 5.76. The number of aromatic nitrogens is 2. The fourth-order valence-corrected chi connectivity index (χ4v) is 3.45. The number of benzene rings is 1. The Morgan fingerprint density at radius 1 is 1.23 bits per heavy atom. The highest BCUT2D eigenvalue weighted by atomic mass is 35.5. The molecule has 0 amide bonds. The predicted molar refractivity (Wildman–Crippen MR) is 77.6 cm³/mol. The van der Waals surface area contributed by atoms with Crippen LogP contribution in [0.2, 0.25) is 5.02 Å². The van der Waals surface area contributed by atoms with Crippen LogP contribution in [0.5, 0.6) is 0 Å². The van der Waals surface area contributed by atoms with Crippen LogP contribution in [0.3, 0.4) is 0 Å². The largest absolute Gasteiger partial charge is 0.411 e. The molecule has 0 fully saturated rings. The maximum absolute atomic E-state index is 12.2. The van der Waals surface area contributed by atoms with Gasteiger partial charge in [0.15, 0.2) is 0 Å². The Hall–Kier alpha value is -1.49. The van der Waals surface area contributed by atoms with Gasteiger partial charge in [-0.05, 0) is 25.1 Å². The highest BCUT2D eigenvalue weighted by Crippen LogP contribution is 2.19. The van der Waals surface area contributed by atoms with Crippen LogP contribution in [0.25, 0.3) is 0 Å². The summed E-state index contributed by atoms with van der Waals surface area (Å²) in [6.07, 6.45) is 0.908. The molecule has 0 aliphatic heterocycles. The van der Waals surface area contributed by atoms with Gasteiger partial charge in [-0.15, -0.1) is 5.10 Å². The van der Waals surface area contributed by atoms with E-state index in [2.05, 4.69) is 14.9 Å². The third kappa shape index (κ3) is 3.83. The predicted octanol–water partition coefficient (Wildman–Crippen LogP) is 1.17. The van der Waals surface area contributed by atoms with Gasteiger partial charge in [0.05, 0.1) is 10.9 Å². The zero-order valence-electron chi connectivity index (χ0n) is 11.5. The van der Waals surface area contributed by atoms with Crippen molar-refractivity contribution in [3.63, 3.8) is 0 Å². The van der Waals surface area contributed by atoms with Crippen LogP contribution in [0.1, 0.15) is 18.9 Å². The van der Waals surface area contributed by atoms with E-state index in [1.807, 2.05) is 0 Å². The van der Waals surface area contributed by atoms with E-state index in [9.17, 15) is 16.8 Å². The van der Waals surface area contributed by atoms with E-state index in [0.717, 1.165) is 6.26 Å². The highest BCUT2D eigenvalue weighted by Gasteiger charge is 2.24. The Morgan fingerprint density at radius 3 is 2.45 bits per heavy atom. The first-order chi connectivity index (χ1) is 10.1. The molecule has 8 nitrogen and oxygen atoms in total. The van der Waals surface area contributed by atoms with Gasteiger partial charge in [-0.1, -0.05) is 22.8 Å². The third-order valence-corrected chi connectivity index (χ3v) is 5.12. The number of halogens is 1. The molecule has 0 saturated heterocycles. The van der Waals surface area contributed by atoms with Gasteiger partial charge in [0.25, 0.3) is 0 Å². The summed E-state index contributed by atoms with van der Waals surface area (Å²) in [6.45, 7) is 1.45. The minimum atomic E-state index is -3.87. The van der Waals surface area contributed by atoms with Crippen molar-refractivity contribution in [3.05, 3.63) is 35.2 Å². The molecule has 0 spiro atoms. The molecule has 0 unspecified atom stereocenters.